The molecule has 6 N–H and O–H groups in total. The number of ether oxygens (including phenoxy) is 1. The molecule has 0 radical (unpaired) electrons. The standard InChI is InChI=1S/C21H22N8O2/c22-29-21-20(25-12-14-3-4-17-15(10-14)2-1-6-23-17)28-19(13-26-21)27-18-11-16(5-7-24-18)31-9-8-30/h1-7,10-11,13,30H,8-9,12,22H2,(H,26,29)(H2,24,25,27,28). The van der Waals surface area contributed by atoms with Crippen molar-refractivity contribution >= 4 is 34.2 Å². The first-order valence-electron chi connectivity index (χ1n) is 9.63. The zero-order chi connectivity index (χ0) is 21.5. The highest BCUT2D eigenvalue weighted by Crippen LogP contribution is 2.23. The molecule has 4 aromatic rings. The number of anilines is 4. The Morgan fingerprint density at radius 2 is 1.90 bits per heavy atom. The third kappa shape index (κ3) is 5.13. The molecule has 0 fully saturated rings. The Morgan fingerprint density at radius 3 is 2.77 bits per heavy atom. The molecule has 0 spiro atoms. The van der Waals surface area contributed by atoms with Crippen LogP contribution in [-0.4, -0.2) is 38.3 Å². The predicted molar refractivity (Wildman–Crippen MR) is 119 cm³/mol. The van der Waals surface area contributed by atoms with Crippen molar-refractivity contribution in [2.75, 3.05) is 29.3 Å². The number of aromatic nitrogens is 4. The predicted octanol–water partition coefficient (Wildman–Crippen LogP) is 2.43. The molecular formula is C21H22N8O2. The fraction of sp³-hybridized carbons (Fsp3) is 0.143. The van der Waals surface area contributed by atoms with Crippen LogP contribution in [0.1, 0.15) is 5.56 Å². The van der Waals surface area contributed by atoms with E-state index in [0.717, 1.165) is 16.5 Å². The van der Waals surface area contributed by atoms with Gasteiger partial charge in [-0.25, -0.2) is 20.8 Å². The molecule has 0 bridgehead atoms. The summed E-state index contributed by atoms with van der Waals surface area (Å²) in [5.41, 5.74) is 4.56. The van der Waals surface area contributed by atoms with Gasteiger partial charge in [-0.3, -0.25) is 4.98 Å². The Morgan fingerprint density at radius 1 is 0.968 bits per heavy atom. The van der Waals surface area contributed by atoms with Crippen molar-refractivity contribution in [3.05, 3.63) is 66.6 Å². The van der Waals surface area contributed by atoms with Gasteiger partial charge in [0.1, 0.15) is 18.2 Å². The SMILES string of the molecule is NNc1ncc(Nc2cc(OCCO)ccn2)nc1NCc1ccc2ncccc2c1. The molecule has 0 amide bonds. The minimum atomic E-state index is -0.0626. The highest BCUT2D eigenvalue weighted by Gasteiger charge is 2.08. The highest BCUT2D eigenvalue weighted by molar-refractivity contribution is 5.79. The van der Waals surface area contributed by atoms with Crippen LogP contribution in [0.15, 0.2) is 61.1 Å². The number of rotatable bonds is 9. The number of aliphatic hydroxyl groups excluding tert-OH is 1. The quantitative estimate of drug-likeness (QED) is 0.203. The van der Waals surface area contributed by atoms with Gasteiger partial charge in [-0.15, -0.1) is 0 Å². The number of nitrogens with two attached hydrogens (primary N) is 1. The van der Waals surface area contributed by atoms with Gasteiger partial charge in [-0.2, -0.15) is 0 Å². The molecule has 0 aliphatic rings. The summed E-state index contributed by atoms with van der Waals surface area (Å²) in [5.74, 6) is 8.11. The van der Waals surface area contributed by atoms with Crippen molar-refractivity contribution < 1.29 is 9.84 Å². The largest absolute Gasteiger partial charge is 0.491 e. The van der Waals surface area contributed by atoms with Crippen LogP contribution in [0.25, 0.3) is 10.9 Å². The molecule has 3 aromatic heterocycles. The van der Waals surface area contributed by atoms with Gasteiger partial charge in [-0.1, -0.05) is 12.1 Å². The molecule has 0 aliphatic carbocycles. The van der Waals surface area contributed by atoms with E-state index >= 15 is 0 Å². The number of fused-ring (bicyclic) bond motifs is 1. The van der Waals surface area contributed by atoms with Crippen LogP contribution >= 0.6 is 0 Å². The fourth-order valence-corrected chi connectivity index (χ4v) is 2.96. The number of hydrazine groups is 1. The summed E-state index contributed by atoms with van der Waals surface area (Å²) < 4.78 is 5.40. The van der Waals surface area contributed by atoms with Gasteiger partial charge >= 0.3 is 0 Å². The summed E-state index contributed by atoms with van der Waals surface area (Å²) in [5, 5.41) is 16.3. The topological polar surface area (TPSA) is 143 Å². The molecule has 31 heavy (non-hydrogen) atoms. The van der Waals surface area contributed by atoms with E-state index in [4.69, 9.17) is 15.7 Å². The number of nitrogen functional groups attached to an aromatic ring is 1. The second kappa shape index (κ2) is 9.65. The van der Waals surface area contributed by atoms with Gasteiger partial charge in [0.05, 0.1) is 18.3 Å². The number of hydrogen-bond donors (Lipinski definition) is 5. The van der Waals surface area contributed by atoms with E-state index in [0.29, 0.717) is 35.6 Å². The summed E-state index contributed by atoms with van der Waals surface area (Å²) in [6.07, 6.45) is 4.92. The first-order chi connectivity index (χ1) is 15.2. The molecule has 0 aliphatic heterocycles. The molecule has 3 heterocycles. The molecule has 10 nitrogen and oxygen atoms in total. The van der Waals surface area contributed by atoms with Gasteiger partial charge in [0.2, 0.25) is 0 Å². The Hall–Kier alpha value is -4.02. The van der Waals surface area contributed by atoms with E-state index in [1.165, 1.54) is 0 Å². The molecule has 0 unspecified atom stereocenters. The lowest BCUT2D eigenvalue weighted by Crippen LogP contribution is -2.14. The third-order valence-corrected chi connectivity index (χ3v) is 4.38. The molecule has 4 rings (SSSR count). The van der Waals surface area contributed by atoms with Crippen LogP contribution in [0.4, 0.5) is 23.3 Å². The molecule has 1 aromatic carbocycles. The first-order valence-corrected chi connectivity index (χ1v) is 9.63. The fourth-order valence-electron chi connectivity index (χ4n) is 2.96. The molecular weight excluding hydrogens is 396 g/mol. The monoisotopic (exact) mass is 418 g/mol. The zero-order valence-electron chi connectivity index (χ0n) is 16.6. The van der Waals surface area contributed by atoms with Crippen molar-refractivity contribution in [3.8, 4) is 5.75 Å². The van der Waals surface area contributed by atoms with E-state index < -0.39 is 0 Å². The van der Waals surface area contributed by atoms with Gasteiger partial charge in [0.15, 0.2) is 17.5 Å². The lowest BCUT2D eigenvalue weighted by molar-refractivity contribution is 0.201. The van der Waals surface area contributed by atoms with Crippen molar-refractivity contribution in [2.45, 2.75) is 6.54 Å². The molecule has 0 atom stereocenters. The van der Waals surface area contributed by atoms with Gasteiger partial charge in [0, 0.05) is 30.4 Å². The van der Waals surface area contributed by atoms with Crippen molar-refractivity contribution in [2.24, 2.45) is 5.84 Å². The summed E-state index contributed by atoms with van der Waals surface area (Å²) in [4.78, 5) is 17.4. The third-order valence-electron chi connectivity index (χ3n) is 4.38. The summed E-state index contributed by atoms with van der Waals surface area (Å²) in [7, 11) is 0. The summed E-state index contributed by atoms with van der Waals surface area (Å²) >= 11 is 0. The maximum absolute atomic E-state index is 8.90. The second-order valence-corrected chi connectivity index (χ2v) is 6.55. The second-order valence-electron chi connectivity index (χ2n) is 6.55. The average Bonchev–Trinajstić information content (AvgIpc) is 2.81. The number of nitrogens with one attached hydrogen (secondary N) is 3. The Balaban J connectivity index is 1.49. The van der Waals surface area contributed by atoms with Gasteiger partial charge < -0.3 is 25.9 Å². The molecule has 0 saturated carbocycles. The maximum Gasteiger partial charge on any atom is 0.183 e. The lowest BCUT2D eigenvalue weighted by atomic mass is 10.1. The van der Waals surface area contributed by atoms with E-state index in [-0.39, 0.29) is 13.2 Å². The smallest absolute Gasteiger partial charge is 0.183 e. The van der Waals surface area contributed by atoms with E-state index in [2.05, 4.69) is 42.1 Å². The molecule has 0 saturated heterocycles. The Kier molecular flexibility index (Phi) is 6.31. The van der Waals surface area contributed by atoms with E-state index in [1.54, 1.807) is 30.7 Å². The minimum Gasteiger partial charge on any atom is -0.491 e. The first kappa shape index (κ1) is 20.3. The molecule has 10 heteroatoms. The number of nitrogens with zero attached hydrogens (tertiary/aromatic N) is 4. The Labute approximate surface area is 178 Å². The number of aliphatic hydroxyl groups is 1. The van der Waals surface area contributed by atoms with Crippen LogP contribution in [-0.2, 0) is 6.54 Å². The van der Waals surface area contributed by atoms with Crippen molar-refractivity contribution in [3.63, 3.8) is 0 Å². The zero-order valence-corrected chi connectivity index (χ0v) is 16.6. The van der Waals surface area contributed by atoms with E-state index in [1.807, 2.05) is 24.3 Å². The number of hydrogen-bond acceptors (Lipinski definition) is 10. The summed E-state index contributed by atoms with van der Waals surface area (Å²) in [6, 6.07) is 13.4. The highest BCUT2D eigenvalue weighted by atomic mass is 16.5. The van der Waals surface area contributed by atoms with Crippen molar-refractivity contribution in [1.29, 1.82) is 0 Å². The maximum atomic E-state index is 8.90. The van der Waals surface area contributed by atoms with Crippen LogP contribution in [0.3, 0.4) is 0 Å². The number of benzene rings is 1. The van der Waals surface area contributed by atoms with Crippen molar-refractivity contribution in [1.82, 2.24) is 19.9 Å². The Bertz CT molecular complexity index is 1170. The van der Waals surface area contributed by atoms with Gasteiger partial charge in [-0.05, 0) is 29.8 Å². The number of pyridine rings is 2. The normalized spacial score (nSPS) is 10.6. The van der Waals surface area contributed by atoms with Crippen LogP contribution in [0, 0.1) is 0 Å². The van der Waals surface area contributed by atoms with Gasteiger partial charge in [0.25, 0.3) is 0 Å². The molecule has 158 valence electrons. The lowest BCUT2D eigenvalue weighted by Gasteiger charge is -2.13. The van der Waals surface area contributed by atoms with Crippen LogP contribution < -0.4 is 26.6 Å². The van der Waals surface area contributed by atoms with Crippen LogP contribution in [0.2, 0.25) is 0 Å². The summed E-state index contributed by atoms with van der Waals surface area (Å²) in [6.45, 7) is 0.673. The minimum absolute atomic E-state index is 0.0626. The average molecular weight is 418 g/mol. The van der Waals surface area contributed by atoms with E-state index in [9.17, 15) is 0 Å². The van der Waals surface area contributed by atoms with Crippen LogP contribution in [0.5, 0.6) is 5.75 Å².